The van der Waals surface area contributed by atoms with Crippen molar-refractivity contribution in [1.82, 2.24) is 15.3 Å². The predicted octanol–water partition coefficient (Wildman–Crippen LogP) is 2.80. The molecule has 0 saturated carbocycles. The molecule has 1 aliphatic rings. The number of imidazole rings is 1. The van der Waals surface area contributed by atoms with Crippen molar-refractivity contribution in [3.8, 4) is 0 Å². The number of Topliss-reactive ketones (excluding diaryl/α,β-unsaturated/α-hetero) is 2. The summed E-state index contributed by atoms with van der Waals surface area (Å²) in [5.41, 5.74) is 4.29. The Bertz CT molecular complexity index is 1080. The van der Waals surface area contributed by atoms with E-state index in [9.17, 15) is 14.4 Å². The molecule has 0 radical (unpaired) electrons. The van der Waals surface area contributed by atoms with Crippen LogP contribution in [0.25, 0.3) is 11.0 Å². The van der Waals surface area contributed by atoms with Crippen LogP contribution in [0.15, 0.2) is 40.5 Å². The van der Waals surface area contributed by atoms with Crippen LogP contribution >= 0.6 is 0 Å². The molecule has 30 heavy (non-hydrogen) atoms. The first-order valence-corrected chi connectivity index (χ1v) is 10.2. The van der Waals surface area contributed by atoms with Crippen LogP contribution in [0.3, 0.4) is 0 Å². The first-order chi connectivity index (χ1) is 14.3. The van der Waals surface area contributed by atoms with Crippen molar-refractivity contribution in [3.05, 3.63) is 51.9 Å². The number of nitrogens with one attached hydrogen (secondary N) is 2. The van der Waals surface area contributed by atoms with Gasteiger partial charge in [0.15, 0.2) is 11.6 Å². The highest BCUT2D eigenvalue weighted by atomic mass is 16.3. The lowest BCUT2D eigenvalue weighted by atomic mass is 9.84. The van der Waals surface area contributed by atoms with Gasteiger partial charge in [-0.3, -0.25) is 14.4 Å². The van der Waals surface area contributed by atoms with E-state index in [0.717, 1.165) is 16.9 Å². The fraction of sp³-hybridized carbons (Fsp3) is 0.391. The Balaban J connectivity index is 1.65. The number of carbonyl (C=O) groups is 3. The van der Waals surface area contributed by atoms with E-state index in [1.807, 2.05) is 0 Å². The van der Waals surface area contributed by atoms with E-state index in [4.69, 9.17) is 5.11 Å². The summed E-state index contributed by atoms with van der Waals surface area (Å²) in [4.78, 5) is 44.8. The Labute approximate surface area is 175 Å². The van der Waals surface area contributed by atoms with E-state index in [1.165, 1.54) is 0 Å². The van der Waals surface area contributed by atoms with Gasteiger partial charge in [0, 0.05) is 47.4 Å². The summed E-state index contributed by atoms with van der Waals surface area (Å²) in [6.07, 6.45) is 2.36. The lowest BCUT2D eigenvalue weighted by Crippen LogP contribution is -2.24. The van der Waals surface area contributed by atoms with Crippen molar-refractivity contribution in [2.24, 2.45) is 0 Å². The number of fused-ring (bicyclic) bond motifs is 1. The van der Waals surface area contributed by atoms with Gasteiger partial charge in [-0.2, -0.15) is 0 Å². The zero-order chi connectivity index (χ0) is 21.8. The maximum atomic E-state index is 12.5. The fourth-order valence-electron chi connectivity index (χ4n) is 3.59. The monoisotopic (exact) mass is 409 g/mol. The molecule has 0 fully saturated rings. The summed E-state index contributed by atoms with van der Waals surface area (Å²) in [6.45, 7) is 5.59. The fourth-order valence-corrected chi connectivity index (χ4v) is 3.59. The van der Waals surface area contributed by atoms with Gasteiger partial charge in [0.05, 0.1) is 11.0 Å². The number of amides is 1. The van der Waals surface area contributed by atoms with Gasteiger partial charge in [-0.15, -0.1) is 0 Å². The number of rotatable bonds is 8. The van der Waals surface area contributed by atoms with Gasteiger partial charge in [0.25, 0.3) is 5.91 Å². The molecule has 0 bridgehead atoms. The van der Waals surface area contributed by atoms with Crippen molar-refractivity contribution in [1.29, 1.82) is 0 Å². The molecule has 0 saturated heterocycles. The Morgan fingerprint density at radius 3 is 2.50 bits per heavy atom. The number of allylic oxidation sites excluding steroid dienone is 4. The SMILES string of the molecule is CC1=C(C)C(=O)C(CCCc2nc3ccc(C(=O)NCCCO)cc3[nH]2)=C(C)C1=O. The second kappa shape index (κ2) is 9.17. The second-order valence-corrected chi connectivity index (χ2v) is 7.61. The number of nitrogens with zero attached hydrogens (tertiary/aromatic N) is 1. The van der Waals surface area contributed by atoms with Crippen LogP contribution in [0, 0.1) is 0 Å². The van der Waals surface area contributed by atoms with Gasteiger partial charge < -0.3 is 15.4 Å². The molecule has 7 heteroatoms. The third kappa shape index (κ3) is 4.41. The third-order valence-electron chi connectivity index (χ3n) is 5.56. The van der Waals surface area contributed by atoms with Gasteiger partial charge in [0.1, 0.15) is 5.82 Å². The van der Waals surface area contributed by atoms with Crippen LogP contribution in [0.4, 0.5) is 0 Å². The van der Waals surface area contributed by atoms with Gasteiger partial charge in [-0.05, 0) is 58.2 Å². The molecular formula is C23H27N3O4. The maximum Gasteiger partial charge on any atom is 0.251 e. The summed E-state index contributed by atoms with van der Waals surface area (Å²) in [7, 11) is 0. The molecule has 1 aromatic carbocycles. The van der Waals surface area contributed by atoms with Crippen molar-refractivity contribution < 1.29 is 19.5 Å². The molecule has 7 nitrogen and oxygen atoms in total. The zero-order valence-corrected chi connectivity index (χ0v) is 17.6. The molecule has 0 unspecified atom stereocenters. The normalized spacial score (nSPS) is 14.8. The van der Waals surface area contributed by atoms with E-state index in [0.29, 0.717) is 60.1 Å². The minimum Gasteiger partial charge on any atom is -0.396 e. The summed E-state index contributed by atoms with van der Waals surface area (Å²) in [6, 6.07) is 5.27. The number of aliphatic hydroxyl groups excluding tert-OH is 1. The topological polar surface area (TPSA) is 112 Å². The van der Waals surface area contributed by atoms with Gasteiger partial charge >= 0.3 is 0 Å². The van der Waals surface area contributed by atoms with Crippen LogP contribution < -0.4 is 5.32 Å². The first-order valence-electron chi connectivity index (χ1n) is 10.2. The van der Waals surface area contributed by atoms with Gasteiger partial charge in [-0.25, -0.2) is 4.98 Å². The minimum atomic E-state index is -0.192. The highest BCUT2D eigenvalue weighted by molar-refractivity contribution is 6.24. The molecule has 3 rings (SSSR count). The molecule has 0 spiro atoms. The minimum absolute atomic E-state index is 0.0361. The molecule has 158 valence electrons. The van der Waals surface area contributed by atoms with Crippen LogP contribution in [-0.2, 0) is 16.0 Å². The quantitative estimate of drug-likeness (QED) is 0.458. The number of hydrogen-bond donors (Lipinski definition) is 3. The molecule has 2 aromatic rings. The predicted molar refractivity (Wildman–Crippen MR) is 114 cm³/mol. The van der Waals surface area contributed by atoms with Crippen molar-refractivity contribution >= 4 is 28.5 Å². The second-order valence-electron chi connectivity index (χ2n) is 7.61. The Hall–Kier alpha value is -3.06. The molecule has 1 amide bonds. The Kier molecular flexibility index (Phi) is 6.62. The molecule has 0 aliphatic heterocycles. The number of benzene rings is 1. The number of aromatic nitrogens is 2. The van der Waals surface area contributed by atoms with E-state index in [-0.39, 0.29) is 24.1 Å². The standard InChI is InChI=1S/C23H27N3O4/c1-13-14(2)22(29)17(15(3)21(13)28)6-4-7-20-25-18-9-8-16(12-19(18)26-20)23(30)24-10-5-11-27/h8-9,12,27H,4-7,10-11H2,1-3H3,(H,24,30)(H,25,26). The zero-order valence-electron chi connectivity index (χ0n) is 17.6. The number of aliphatic hydroxyl groups is 1. The molecule has 0 atom stereocenters. The number of aryl methyl sites for hydroxylation is 1. The van der Waals surface area contributed by atoms with Crippen LogP contribution in [0.5, 0.6) is 0 Å². The number of carbonyl (C=O) groups excluding carboxylic acids is 3. The lowest BCUT2D eigenvalue weighted by Gasteiger charge is -2.18. The summed E-state index contributed by atoms with van der Waals surface area (Å²) in [5, 5.41) is 11.6. The first kappa shape index (κ1) is 21.6. The largest absolute Gasteiger partial charge is 0.396 e. The number of ketones is 2. The van der Waals surface area contributed by atoms with Crippen molar-refractivity contribution in [3.63, 3.8) is 0 Å². The smallest absolute Gasteiger partial charge is 0.251 e. The van der Waals surface area contributed by atoms with E-state index < -0.39 is 0 Å². The van der Waals surface area contributed by atoms with Crippen LogP contribution in [-0.4, -0.2) is 45.7 Å². The number of hydrogen-bond acceptors (Lipinski definition) is 5. The molecule has 3 N–H and O–H groups in total. The lowest BCUT2D eigenvalue weighted by molar-refractivity contribution is -0.116. The Morgan fingerprint density at radius 1 is 1.03 bits per heavy atom. The van der Waals surface area contributed by atoms with E-state index >= 15 is 0 Å². The molecule has 1 heterocycles. The summed E-state index contributed by atoms with van der Waals surface area (Å²) >= 11 is 0. The number of H-pyrrole nitrogens is 1. The van der Waals surface area contributed by atoms with Crippen LogP contribution in [0.2, 0.25) is 0 Å². The Morgan fingerprint density at radius 2 is 1.77 bits per heavy atom. The average molecular weight is 409 g/mol. The van der Waals surface area contributed by atoms with E-state index in [2.05, 4.69) is 15.3 Å². The highest BCUT2D eigenvalue weighted by Gasteiger charge is 2.27. The third-order valence-corrected chi connectivity index (χ3v) is 5.56. The van der Waals surface area contributed by atoms with Crippen molar-refractivity contribution in [2.75, 3.05) is 13.2 Å². The van der Waals surface area contributed by atoms with Gasteiger partial charge in [-0.1, -0.05) is 0 Å². The highest BCUT2D eigenvalue weighted by Crippen LogP contribution is 2.27. The number of aromatic amines is 1. The summed E-state index contributed by atoms with van der Waals surface area (Å²) in [5.74, 6) is 0.504. The molecular weight excluding hydrogens is 382 g/mol. The van der Waals surface area contributed by atoms with Crippen molar-refractivity contribution in [2.45, 2.75) is 46.5 Å². The molecule has 1 aliphatic carbocycles. The van der Waals surface area contributed by atoms with Gasteiger partial charge in [0.2, 0.25) is 0 Å². The summed E-state index contributed by atoms with van der Waals surface area (Å²) < 4.78 is 0. The van der Waals surface area contributed by atoms with E-state index in [1.54, 1.807) is 39.0 Å². The van der Waals surface area contributed by atoms with Crippen LogP contribution in [0.1, 0.15) is 56.2 Å². The molecule has 1 aromatic heterocycles. The maximum absolute atomic E-state index is 12.5. The average Bonchev–Trinajstić information content (AvgIpc) is 3.15.